The van der Waals surface area contributed by atoms with Gasteiger partial charge in [0.15, 0.2) is 0 Å². The van der Waals surface area contributed by atoms with Crippen molar-refractivity contribution in [2.45, 2.75) is 13.0 Å². The molecular weight excluding hydrogens is 279 g/mol. The second kappa shape index (κ2) is 4.98. The molecule has 0 radical (unpaired) electrons. The average molecular weight is 294 g/mol. The van der Waals surface area contributed by atoms with E-state index < -0.39 is 0 Å². The molecule has 1 N–H and O–H groups in total. The van der Waals surface area contributed by atoms with Gasteiger partial charge in [-0.15, -0.1) is 0 Å². The number of hydrogen-bond acceptors (Lipinski definition) is 1. The van der Waals surface area contributed by atoms with Crippen molar-refractivity contribution in [3.8, 4) is 0 Å². The molecule has 0 atom stereocenters. The van der Waals surface area contributed by atoms with Crippen molar-refractivity contribution < 1.29 is 4.39 Å². The monoisotopic (exact) mass is 294 g/mol. The molecule has 0 spiro atoms. The van der Waals surface area contributed by atoms with Crippen LogP contribution >= 0.6 is 0 Å². The molecule has 4 rings (SSSR count). The number of aryl methyl sites for hydroxylation is 1. The van der Waals surface area contributed by atoms with Crippen LogP contribution in [0.15, 0.2) is 53.3 Å². The molecule has 0 bridgehead atoms. The van der Waals surface area contributed by atoms with Crippen molar-refractivity contribution in [1.29, 1.82) is 0 Å². The van der Waals surface area contributed by atoms with E-state index in [4.69, 9.17) is 0 Å². The maximum Gasteiger partial charge on any atom is 0.248 e. The highest BCUT2D eigenvalue weighted by Crippen LogP contribution is 2.33. The number of halogens is 1. The number of para-hydroxylation sites is 1. The molecule has 0 fully saturated rings. The molecule has 2 heterocycles. The molecular formula is C18H15FN2O. The van der Waals surface area contributed by atoms with Gasteiger partial charge in [-0.3, -0.25) is 9.18 Å². The Hall–Kier alpha value is -2.62. The smallest absolute Gasteiger partial charge is 0.248 e. The van der Waals surface area contributed by atoms with Crippen molar-refractivity contribution in [2.24, 2.45) is 0 Å². The summed E-state index contributed by atoms with van der Waals surface area (Å²) in [7, 11) is 0. The predicted molar refractivity (Wildman–Crippen MR) is 88.2 cm³/mol. The zero-order chi connectivity index (χ0) is 15.1. The fraction of sp³-hybridized carbons (Fsp3) is 0.167. The molecule has 0 amide bonds. The number of pyridine rings is 1. The van der Waals surface area contributed by atoms with E-state index in [9.17, 15) is 9.18 Å². The van der Waals surface area contributed by atoms with E-state index >= 15 is 0 Å². The molecule has 0 aliphatic rings. The lowest BCUT2D eigenvalue weighted by Crippen LogP contribution is -2.02. The Balaban J connectivity index is 2.18. The number of nitrogens with one attached hydrogen (secondary N) is 1. The first-order valence-electron chi connectivity index (χ1n) is 7.38. The first kappa shape index (κ1) is 13.1. The van der Waals surface area contributed by atoms with E-state index in [0.29, 0.717) is 13.0 Å². The number of rotatable bonds is 3. The lowest BCUT2D eigenvalue weighted by molar-refractivity contribution is 0.452. The zero-order valence-electron chi connectivity index (χ0n) is 12.0. The average Bonchev–Trinajstić information content (AvgIpc) is 2.86. The Bertz CT molecular complexity index is 1050. The lowest BCUT2D eigenvalue weighted by Gasteiger charge is -2.06. The van der Waals surface area contributed by atoms with Gasteiger partial charge in [-0.05, 0) is 30.7 Å². The number of alkyl halides is 1. The quantitative estimate of drug-likeness (QED) is 0.609. The highest BCUT2D eigenvalue weighted by atomic mass is 19.1. The number of nitrogens with zero attached hydrogens (tertiary/aromatic N) is 1. The van der Waals surface area contributed by atoms with Gasteiger partial charge in [-0.25, -0.2) is 0 Å². The van der Waals surface area contributed by atoms with Crippen LogP contribution < -0.4 is 5.56 Å². The van der Waals surface area contributed by atoms with Crippen molar-refractivity contribution in [2.75, 3.05) is 6.67 Å². The summed E-state index contributed by atoms with van der Waals surface area (Å²) in [4.78, 5) is 14.4. The topological polar surface area (TPSA) is 37.8 Å². The summed E-state index contributed by atoms with van der Waals surface area (Å²) in [6.07, 6.45) is 0.497. The molecule has 4 heteroatoms. The van der Waals surface area contributed by atoms with Crippen LogP contribution in [0.1, 0.15) is 6.42 Å². The molecule has 0 aliphatic heterocycles. The van der Waals surface area contributed by atoms with E-state index in [1.807, 2.05) is 30.3 Å². The Morgan fingerprint density at radius 1 is 0.955 bits per heavy atom. The van der Waals surface area contributed by atoms with Gasteiger partial charge in [0.2, 0.25) is 5.56 Å². The van der Waals surface area contributed by atoms with E-state index in [1.54, 1.807) is 6.07 Å². The summed E-state index contributed by atoms with van der Waals surface area (Å²) < 4.78 is 14.8. The maximum absolute atomic E-state index is 12.6. The molecule has 2 aromatic heterocycles. The van der Waals surface area contributed by atoms with Crippen LogP contribution in [-0.2, 0) is 6.54 Å². The van der Waals surface area contributed by atoms with Crippen LogP contribution in [0.5, 0.6) is 0 Å². The van der Waals surface area contributed by atoms with Crippen LogP contribution in [0.4, 0.5) is 4.39 Å². The van der Waals surface area contributed by atoms with Crippen LogP contribution in [-0.4, -0.2) is 16.2 Å². The van der Waals surface area contributed by atoms with Gasteiger partial charge < -0.3 is 9.55 Å². The van der Waals surface area contributed by atoms with Crippen molar-refractivity contribution in [1.82, 2.24) is 9.55 Å². The SMILES string of the molecule is O=c1ccc2c(ccc3c2c2ccccc2n3CCCF)[nH]1. The van der Waals surface area contributed by atoms with Gasteiger partial charge in [0.25, 0.3) is 0 Å². The number of aromatic nitrogens is 2. The van der Waals surface area contributed by atoms with Gasteiger partial charge in [-0.1, -0.05) is 18.2 Å². The normalized spacial score (nSPS) is 11.7. The second-order valence-corrected chi connectivity index (χ2v) is 5.45. The molecule has 0 saturated heterocycles. The van der Waals surface area contributed by atoms with Gasteiger partial charge in [0.05, 0.1) is 6.67 Å². The number of benzene rings is 2. The number of H-pyrrole nitrogens is 1. The summed E-state index contributed by atoms with van der Waals surface area (Å²) in [5.74, 6) is 0. The minimum atomic E-state index is -0.325. The van der Waals surface area contributed by atoms with Gasteiger partial charge in [-0.2, -0.15) is 0 Å². The van der Waals surface area contributed by atoms with Gasteiger partial charge in [0, 0.05) is 45.3 Å². The van der Waals surface area contributed by atoms with E-state index in [2.05, 4.69) is 21.7 Å². The van der Waals surface area contributed by atoms with Crippen LogP contribution in [0.25, 0.3) is 32.7 Å². The van der Waals surface area contributed by atoms with Crippen LogP contribution in [0.3, 0.4) is 0 Å². The largest absolute Gasteiger partial charge is 0.340 e. The van der Waals surface area contributed by atoms with E-state index in [0.717, 1.165) is 32.7 Å². The highest BCUT2D eigenvalue weighted by Gasteiger charge is 2.12. The third-order valence-electron chi connectivity index (χ3n) is 4.15. The summed E-state index contributed by atoms with van der Waals surface area (Å²) >= 11 is 0. The standard InChI is InChI=1S/C18H15FN2O/c19-10-3-11-21-15-5-2-1-4-13(15)18-12-6-9-17(22)20-14(12)7-8-16(18)21/h1-2,4-9H,3,10-11H2,(H,20,22). The van der Waals surface area contributed by atoms with E-state index in [-0.39, 0.29) is 12.2 Å². The minimum absolute atomic E-state index is 0.104. The fourth-order valence-corrected chi connectivity index (χ4v) is 3.24. The Kier molecular flexibility index (Phi) is 2.96. The van der Waals surface area contributed by atoms with Crippen LogP contribution in [0.2, 0.25) is 0 Å². The zero-order valence-corrected chi connectivity index (χ0v) is 12.0. The first-order chi connectivity index (χ1) is 10.8. The van der Waals surface area contributed by atoms with Gasteiger partial charge >= 0.3 is 0 Å². The summed E-state index contributed by atoms with van der Waals surface area (Å²) in [5.41, 5.74) is 2.90. The third kappa shape index (κ3) is 1.84. The first-order valence-corrected chi connectivity index (χ1v) is 7.38. The third-order valence-corrected chi connectivity index (χ3v) is 4.15. The van der Waals surface area contributed by atoms with E-state index in [1.165, 1.54) is 0 Å². The molecule has 3 nitrogen and oxygen atoms in total. The summed E-state index contributed by atoms with van der Waals surface area (Å²) in [6, 6.07) is 15.5. The van der Waals surface area contributed by atoms with Gasteiger partial charge in [0.1, 0.15) is 0 Å². The molecule has 0 aliphatic carbocycles. The minimum Gasteiger partial charge on any atom is -0.340 e. The highest BCUT2D eigenvalue weighted by molar-refractivity contribution is 6.19. The maximum atomic E-state index is 12.6. The lowest BCUT2D eigenvalue weighted by atomic mass is 10.1. The molecule has 110 valence electrons. The number of aromatic amines is 1. The summed E-state index contributed by atoms with van der Waals surface area (Å²) in [6.45, 7) is 0.324. The molecule has 4 aromatic rings. The fourth-order valence-electron chi connectivity index (χ4n) is 3.24. The Morgan fingerprint density at radius 3 is 2.68 bits per heavy atom. The molecule has 0 unspecified atom stereocenters. The second-order valence-electron chi connectivity index (χ2n) is 5.45. The predicted octanol–water partition coefficient (Wildman–Crippen LogP) is 4.00. The Labute approximate surface area is 126 Å². The summed E-state index contributed by atoms with van der Waals surface area (Å²) in [5, 5.41) is 3.27. The Morgan fingerprint density at radius 2 is 1.82 bits per heavy atom. The number of hydrogen-bond donors (Lipinski definition) is 1. The molecule has 2 aromatic carbocycles. The van der Waals surface area contributed by atoms with Crippen molar-refractivity contribution >= 4 is 32.7 Å². The molecule has 0 saturated carbocycles. The van der Waals surface area contributed by atoms with Crippen molar-refractivity contribution in [3.05, 3.63) is 58.9 Å². The number of fused-ring (bicyclic) bond motifs is 5. The van der Waals surface area contributed by atoms with Crippen molar-refractivity contribution in [3.63, 3.8) is 0 Å². The molecule has 22 heavy (non-hydrogen) atoms. The van der Waals surface area contributed by atoms with Crippen LogP contribution in [0, 0.1) is 0 Å².